The van der Waals surface area contributed by atoms with Crippen LogP contribution in [0.2, 0.25) is 0 Å². The van der Waals surface area contributed by atoms with Crippen LogP contribution in [-0.4, -0.2) is 19.1 Å². The number of ether oxygens (including phenoxy) is 1. The Kier molecular flexibility index (Phi) is 5.22. The average molecular weight is 349 g/mol. The zero-order chi connectivity index (χ0) is 15.2. The lowest BCUT2D eigenvalue weighted by atomic mass is 10.1. The molecule has 0 aliphatic heterocycles. The number of nitrogen functional groups attached to an aromatic ring is 1. The number of carbonyl (C=O) groups excluding carboxylic acids is 1. The first kappa shape index (κ1) is 15.4. The predicted octanol–water partition coefficient (Wildman–Crippen LogP) is 3.15. The molecule has 0 radical (unpaired) electrons. The molecular weight excluding hydrogens is 332 g/mol. The van der Waals surface area contributed by atoms with Crippen LogP contribution in [-0.2, 0) is 0 Å². The summed E-state index contributed by atoms with van der Waals surface area (Å²) in [5, 5.41) is 2.82. The quantitative estimate of drug-likeness (QED) is 0.644. The summed E-state index contributed by atoms with van der Waals surface area (Å²) in [6.07, 6.45) is 0. The van der Waals surface area contributed by atoms with Crippen molar-refractivity contribution in [1.82, 2.24) is 5.32 Å². The first-order chi connectivity index (χ1) is 10.1. The van der Waals surface area contributed by atoms with Gasteiger partial charge in [0, 0.05) is 10.2 Å². The second-order valence-electron chi connectivity index (χ2n) is 4.66. The molecule has 0 spiro atoms. The van der Waals surface area contributed by atoms with E-state index in [1.165, 1.54) is 0 Å². The number of halogens is 1. The van der Waals surface area contributed by atoms with Gasteiger partial charge in [-0.3, -0.25) is 4.79 Å². The molecule has 0 unspecified atom stereocenters. The largest absolute Gasteiger partial charge is 0.492 e. The first-order valence-electron chi connectivity index (χ1n) is 6.59. The van der Waals surface area contributed by atoms with Gasteiger partial charge in [-0.25, -0.2) is 0 Å². The van der Waals surface area contributed by atoms with Crippen molar-refractivity contribution in [2.75, 3.05) is 18.9 Å². The third-order valence-corrected chi connectivity index (χ3v) is 3.56. The summed E-state index contributed by atoms with van der Waals surface area (Å²) in [6.45, 7) is 2.82. The standard InChI is InChI=1S/C16H17BrN2O2/c1-11-2-7-14(15(17)10-11)16(20)19-8-9-21-13-5-3-12(18)4-6-13/h2-7,10H,8-9,18H2,1H3,(H,19,20). The van der Waals surface area contributed by atoms with Crippen molar-refractivity contribution in [3.63, 3.8) is 0 Å². The second-order valence-corrected chi connectivity index (χ2v) is 5.51. The molecule has 110 valence electrons. The minimum atomic E-state index is -0.122. The SMILES string of the molecule is Cc1ccc(C(=O)NCCOc2ccc(N)cc2)c(Br)c1. The van der Waals surface area contributed by atoms with Gasteiger partial charge in [0.25, 0.3) is 5.91 Å². The van der Waals surface area contributed by atoms with E-state index in [0.29, 0.717) is 24.4 Å². The van der Waals surface area contributed by atoms with E-state index in [2.05, 4.69) is 21.2 Å². The molecule has 5 heteroatoms. The van der Waals surface area contributed by atoms with E-state index in [0.717, 1.165) is 15.8 Å². The van der Waals surface area contributed by atoms with Crippen molar-refractivity contribution in [3.05, 3.63) is 58.1 Å². The van der Waals surface area contributed by atoms with E-state index in [4.69, 9.17) is 10.5 Å². The summed E-state index contributed by atoms with van der Waals surface area (Å²) in [5.41, 5.74) is 8.01. The van der Waals surface area contributed by atoms with E-state index in [1.807, 2.05) is 19.1 Å². The van der Waals surface area contributed by atoms with Crippen LogP contribution >= 0.6 is 15.9 Å². The Morgan fingerprint density at radius 1 is 1.24 bits per heavy atom. The molecule has 21 heavy (non-hydrogen) atoms. The molecule has 0 saturated heterocycles. The predicted molar refractivity (Wildman–Crippen MR) is 87.6 cm³/mol. The van der Waals surface area contributed by atoms with Crippen LogP contribution in [0.3, 0.4) is 0 Å². The Morgan fingerprint density at radius 2 is 1.95 bits per heavy atom. The number of anilines is 1. The molecule has 0 atom stereocenters. The molecule has 0 fully saturated rings. The van der Waals surface area contributed by atoms with Crippen LogP contribution in [0.15, 0.2) is 46.9 Å². The van der Waals surface area contributed by atoms with Gasteiger partial charge >= 0.3 is 0 Å². The molecule has 0 aliphatic rings. The molecule has 4 nitrogen and oxygen atoms in total. The van der Waals surface area contributed by atoms with E-state index >= 15 is 0 Å². The fourth-order valence-corrected chi connectivity index (χ4v) is 2.47. The van der Waals surface area contributed by atoms with Gasteiger partial charge in [0.1, 0.15) is 12.4 Å². The minimum absolute atomic E-state index is 0.122. The van der Waals surface area contributed by atoms with E-state index in [-0.39, 0.29) is 5.91 Å². The lowest BCUT2D eigenvalue weighted by molar-refractivity contribution is 0.0946. The summed E-state index contributed by atoms with van der Waals surface area (Å²) in [4.78, 5) is 12.0. The van der Waals surface area contributed by atoms with Crippen LogP contribution in [0.25, 0.3) is 0 Å². The average Bonchev–Trinajstić information content (AvgIpc) is 2.45. The molecule has 2 aromatic rings. The zero-order valence-electron chi connectivity index (χ0n) is 11.7. The van der Waals surface area contributed by atoms with Crippen LogP contribution in [0.1, 0.15) is 15.9 Å². The maximum Gasteiger partial charge on any atom is 0.252 e. The highest BCUT2D eigenvalue weighted by Crippen LogP contribution is 2.18. The number of hydrogen-bond acceptors (Lipinski definition) is 3. The van der Waals surface area contributed by atoms with Gasteiger partial charge in [-0.05, 0) is 64.8 Å². The Hall–Kier alpha value is -2.01. The normalized spacial score (nSPS) is 10.2. The molecule has 0 saturated carbocycles. The Bertz CT molecular complexity index is 627. The summed E-state index contributed by atoms with van der Waals surface area (Å²) in [6, 6.07) is 12.8. The highest BCUT2D eigenvalue weighted by atomic mass is 79.9. The topological polar surface area (TPSA) is 64.3 Å². The highest BCUT2D eigenvalue weighted by Gasteiger charge is 2.09. The number of amides is 1. The number of nitrogens with one attached hydrogen (secondary N) is 1. The molecule has 0 heterocycles. The lowest BCUT2D eigenvalue weighted by Crippen LogP contribution is -2.28. The van der Waals surface area contributed by atoms with Crippen molar-refractivity contribution in [1.29, 1.82) is 0 Å². The Balaban J connectivity index is 1.80. The zero-order valence-corrected chi connectivity index (χ0v) is 13.3. The van der Waals surface area contributed by atoms with Gasteiger partial charge in [-0.15, -0.1) is 0 Å². The van der Waals surface area contributed by atoms with Crippen molar-refractivity contribution in [2.45, 2.75) is 6.92 Å². The number of hydrogen-bond donors (Lipinski definition) is 2. The molecule has 1 amide bonds. The summed E-state index contributed by atoms with van der Waals surface area (Å²) in [5.74, 6) is 0.609. The van der Waals surface area contributed by atoms with Crippen molar-refractivity contribution in [2.24, 2.45) is 0 Å². The third-order valence-electron chi connectivity index (χ3n) is 2.91. The van der Waals surface area contributed by atoms with Crippen LogP contribution in [0.5, 0.6) is 5.75 Å². The maximum atomic E-state index is 12.0. The van der Waals surface area contributed by atoms with E-state index < -0.39 is 0 Å². The van der Waals surface area contributed by atoms with Crippen LogP contribution in [0, 0.1) is 6.92 Å². The van der Waals surface area contributed by atoms with Crippen molar-refractivity contribution < 1.29 is 9.53 Å². The van der Waals surface area contributed by atoms with Gasteiger partial charge in [0.15, 0.2) is 0 Å². The molecule has 0 aromatic heterocycles. The summed E-state index contributed by atoms with van der Waals surface area (Å²) >= 11 is 3.40. The third kappa shape index (κ3) is 4.49. The fraction of sp³-hybridized carbons (Fsp3) is 0.188. The number of rotatable bonds is 5. The van der Waals surface area contributed by atoms with Crippen LogP contribution in [0.4, 0.5) is 5.69 Å². The van der Waals surface area contributed by atoms with Gasteiger partial charge in [-0.1, -0.05) is 6.07 Å². The molecule has 0 aliphatic carbocycles. The van der Waals surface area contributed by atoms with Crippen molar-refractivity contribution >= 4 is 27.5 Å². The van der Waals surface area contributed by atoms with Crippen LogP contribution < -0.4 is 15.8 Å². The minimum Gasteiger partial charge on any atom is -0.492 e. The molecule has 2 aromatic carbocycles. The molecule has 0 bridgehead atoms. The monoisotopic (exact) mass is 348 g/mol. The summed E-state index contributed by atoms with van der Waals surface area (Å²) < 4.78 is 6.31. The summed E-state index contributed by atoms with van der Waals surface area (Å²) in [7, 11) is 0. The maximum absolute atomic E-state index is 12.0. The highest BCUT2D eigenvalue weighted by molar-refractivity contribution is 9.10. The number of benzene rings is 2. The Labute approximate surface area is 132 Å². The number of carbonyl (C=O) groups is 1. The van der Waals surface area contributed by atoms with E-state index in [1.54, 1.807) is 30.3 Å². The van der Waals surface area contributed by atoms with Gasteiger partial charge in [0.2, 0.25) is 0 Å². The molecular formula is C16H17BrN2O2. The molecule has 2 rings (SSSR count). The second kappa shape index (κ2) is 7.13. The number of nitrogens with two attached hydrogens (primary N) is 1. The smallest absolute Gasteiger partial charge is 0.252 e. The molecule has 3 N–H and O–H groups in total. The fourth-order valence-electron chi connectivity index (χ4n) is 1.80. The van der Waals surface area contributed by atoms with E-state index in [9.17, 15) is 4.79 Å². The van der Waals surface area contributed by atoms with Crippen molar-refractivity contribution in [3.8, 4) is 5.75 Å². The lowest BCUT2D eigenvalue weighted by Gasteiger charge is -2.09. The first-order valence-corrected chi connectivity index (χ1v) is 7.38. The Morgan fingerprint density at radius 3 is 2.62 bits per heavy atom. The number of aryl methyl sites for hydroxylation is 1. The van der Waals surface area contributed by atoms with Gasteiger partial charge < -0.3 is 15.8 Å². The van der Waals surface area contributed by atoms with Gasteiger partial charge in [0.05, 0.1) is 12.1 Å². The van der Waals surface area contributed by atoms with Gasteiger partial charge in [-0.2, -0.15) is 0 Å².